The van der Waals surface area contributed by atoms with Gasteiger partial charge in [0.25, 0.3) is 0 Å². The Kier molecular flexibility index (Phi) is 5.01. The molecule has 1 aromatic heterocycles. The van der Waals surface area contributed by atoms with Crippen LogP contribution in [0.2, 0.25) is 0 Å². The van der Waals surface area contributed by atoms with Gasteiger partial charge in [-0.05, 0) is 49.4 Å². The van der Waals surface area contributed by atoms with Gasteiger partial charge < -0.3 is 5.73 Å². The lowest BCUT2D eigenvalue weighted by atomic mass is 9.68. The molecular weight excluding hydrogens is 416 g/mol. The van der Waals surface area contributed by atoms with Gasteiger partial charge in [0.05, 0.1) is 17.6 Å². The van der Waals surface area contributed by atoms with E-state index in [1.807, 2.05) is 33.8 Å². The van der Waals surface area contributed by atoms with Gasteiger partial charge in [-0.3, -0.25) is 9.69 Å². The third kappa shape index (κ3) is 3.35. The number of hydrogen-bond acceptors (Lipinski definition) is 5. The van der Waals surface area contributed by atoms with Gasteiger partial charge in [0.2, 0.25) is 0 Å². The topological polar surface area (TPSA) is 70.1 Å². The van der Waals surface area contributed by atoms with Gasteiger partial charge in [0, 0.05) is 27.4 Å². The SMILES string of the molecule is Cc1cc([C@@H]2C(C#N)=C(N)N(c3c(F)cccc3F)C3=C2C(=O)CC(C)(C)C3)c(C)s1. The molecule has 0 saturated heterocycles. The minimum Gasteiger partial charge on any atom is -0.384 e. The second kappa shape index (κ2) is 7.31. The van der Waals surface area contributed by atoms with E-state index in [0.29, 0.717) is 17.7 Å². The Morgan fingerprint density at radius 3 is 2.42 bits per heavy atom. The molecule has 0 bridgehead atoms. The summed E-state index contributed by atoms with van der Waals surface area (Å²) in [6, 6.07) is 7.67. The van der Waals surface area contributed by atoms with Crippen molar-refractivity contribution < 1.29 is 13.6 Å². The predicted octanol–water partition coefficient (Wildman–Crippen LogP) is 5.58. The van der Waals surface area contributed by atoms with Crippen molar-refractivity contribution >= 4 is 22.8 Å². The molecular formula is C24H23F2N3OS. The van der Waals surface area contributed by atoms with Gasteiger partial charge in [0.15, 0.2) is 5.78 Å². The summed E-state index contributed by atoms with van der Waals surface area (Å²) < 4.78 is 29.7. The monoisotopic (exact) mass is 439 g/mol. The number of ketones is 1. The summed E-state index contributed by atoms with van der Waals surface area (Å²) in [6.07, 6.45) is 0.691. The van der Waals surface area contributed by atoms with Crippen LogP contribution < -0.4 is 10.6 Å². The van der Waals surface area contributed by atoms with Crippen LogP contribution in [0.15, 0.2) is 46.9 Å². The summed E-state index contributed by atoms with van der Waals surface area (Å²) in [5.41, 5.74) is 7.52. The first-order valence-corrected chi connectivity index (χ1v) is 10.8. The Morgan fingerprint density at radius 2 is 1.87 bits per heavy atom. The third-order valence-corrected chi connectivity index (χ3v) is 6.91. The number of anilines is 1. The summed E-state index contributed by atoms with van der Waals surface area (Å²) in [4.78, 5) is 16.7. The van der Waals surface area contributed by atoms with E-state index in [0.717, 1.165) is 27.5 Å². The van der Waals surface area contributed by atoms with Crippen molar-refractivity contribution in [2.45, 2.75) is 46.5 Å². The Bertz CT molecular complexity index is 1200. The number of aryl methyl sites for hydroxylation is 2. The number of rotatable bonds is 2. The molecule has 0 radical (unpaired) electrons. The van der Waals surface area contributed by atoms with Crippen molar-refractivity contribution in [3.05, 3.63) is 73.9 Å². The van der Waals surface area contributed by atoms with Gasteiger partial charge in [-0.2, -0.15) is 5.26 Å². The quantitative estimate of drug-likeness (QED) is 0.663. The minimum absolute atomic E-state index is 0.0380. The molecule has 0 fully saturated rings. The molecule has 2 N–H and O–H groups in total. The van der Waals surface area contributed by atoms with Crippen LogP contribution in [0, 0.1) is 42.2 Å². The van der Waals surface area contributed by atoms with Crippen molar-refractivity contribution in [2.24, 2.45) is 11.1 Å². The van der Waals surface area contributed by atoms with Crippen LogP contribution >= 0.6 is 11.3 Å². The average Bonchev–Trinajstić information content (AvgIpc) is 2.99. The summed E-state index contributed by atoms with van der Waals surface area (Å²) >= 11 is 1.58. The van der Waals surface area contributed by atoms with Crippen molar-refractivity contribution in [2.75, 3.05) is 4.90 Å². The first-order chi connectivity index (χ1) is 14.6. The van der Waals surface area contributed by atoms with E-state index in [4.69, 9.17) is 5.73 Å². The number of nitrogens with two attached hydrogens (primary N) is 1. The number of benzene rings is 1. The maximum atomic E-state index is 14.8. The maximum absolute atomic E-state index is 14.8. The second-order valence-corrected chi connectivity index (χ2v) is 10.4. The van der Waals surface area contributed by atoms with Gasteiger partial charge in [-0.15, -0.1) is 11.3 Å². The fourth-order valence-corrected chi connectivity index (χ4v) is 5.68. The lowest BCUT2D eigenvalue weighted by Gasteiger charge is -2.43. The third-order valence-electron chi connectivity index (χ3n) is 5.93. The van der Waals surface area contributed by atoms with Crippen LogP contribution in [-0.2, 0) is 4.79 Å². The lowest BCUT2D eigenvalue weighted by molar-refractivity contribution is -0.118. The fourth-order valence-electron chi connectivity index (χ4n) is 4.71. The zero-order chi connectivity index (χ0) is 22.7. The molecule has 0 spiro atoms. The average molecular weight is 440 g/mol. The minimum atomic E-state index is -0.802. The van der Waals surface area contributed by atoms with E-state index in [9.17, 15) is 18.8 Å². The van der Waals surface area contributed by atoms with Crippen LogP contribution in [0.4, 0.5) is 14.5 Å². The molecule has 2 aliphatic rings. The van der Waals surface area contributed by atoms with Crippen LogP contribution in [0.5, 0.6) is 0 Å². The molecule has 0 unspecified atom stereocenters. The van der Waals surface area contributed by atoms with Crippen LogP contribution in [0.1, 0.15) is 47.9 Å². The number of para-hydroxylation sites is 1. The van der Waals surface area contributed by atoms with Crippen LogP contribution in [0.25, 0.3) is 0 Å². The molecule has 160 valence electrons. The number of carbonyl (C=O) groups excluding carboxylic acids is 1. The summed E-state index contributed by atoms with van der Waals surface area (Å²) in [6.45, 7) is 7.79. The molecule has 4 nitrogen and oxygen atoms in total. The fraction of sp³-hybridized carbons (Fsp3) is 0.333. The van der Waals surface area contributed by atoms with Gasteiger partial charge in [-0.1, -0.05) is 19.9 Å². The number of hydrogen-bond donors (Lipinski definition) is 1. The molecule has 2 heterocycles. The van der Waals surface area contributed by atoms with E-state index in [1.165, 1.54) is 11.0 Å². The number of allylic oxidation sites excluding steroid dienone is 3. The summed E-state index contributed by atoms with van der Waals surface area (Å²) in [5.74, 6) is -2.40. The highest BCUT2D eigenvalue weighted by Crippen LogP contribution is 2.51. The first-order valence-electron chi connectivity index (χ1n) is 10.0. The Morgan fingerprint density at radius 1 is 1.23 bits per heavy atom. The number of halogens is 2. The highest BCUT2D eigenvalue weighted by Gasteiger charge is 2.46. The Labute approximate surface area is 184 Å². The molecule has 7 heteroatoms. The number of Topliss-reactive ketones (excluding diaryl/α,β-unsaturated/α-hetero) is 1. The Balaban J connectivity index is 2.07. The molecule has 2 aromatic rings. The first kappa shape index (κ1) is 21.3. The zero-order valence-electron chi connectivity index (χ0n) is 17.8. The molecule has 1 aromatic carbocycles. The highest BCUT2D eigenvalue weighted by molar-refractivity contribution is 7.12. The number of nitriles is 1. The standard InChI is InChI=1S/C24H23F2N3OS/c1-12-8-14(13(2)31-12)20-15(11-27)23(28)29(22-16(25)6-5-7-17(22)26)18-9-24(3,4)10-19(30)21(18)20/h5-8,20H,9-10,28H2,1-4H3/t20-/m1/s1. The van der Waals surface area contributed by atoms with Gasteiger partial charge in [-0.25, -0.2) is 8.78 Å². The Hall–Kier alpha value is -2.98. The number of nitrogens with zero attached hydrogens (tertiary/aromatic N) is 2. The molecule has 0 amide bonds. The van der Waals surface area contributed by atoms with Crippen molar-refractivity contribution in [3.63, 3.8) is 0 Å². The highest BCUT2D eigenvalue weighted by atomic mass is 32.1. The van der Waals surface area contributed by atoms with E-state index in [1.54, 1.807) is 11.3 Å². The molecule has 1 atom stereocenters. The molecule has 31 heavy (non-hydrogen) atoms. The summed E-state index contributed by atoms with van der Waals surface area (Å²) in [5, 5.41) is 10.0. The predicted molar refractivity (Wildman–Crippen MR) is 117 cm³/mol. The van der Waals surface area contributed by atoms with Gasteiger partial charge in [0.1, 0.15) is 23.1 Å². The largest absolute Gasteiger partial charge is 0.384 e. The summed E-state index contributed by atoms with van der Waals surface area (Å²) in [7, 11) is 0. The van der Waals surface area contributed by atoms with E-state index < -0.39 is 23.0 Å². The molecule has 4 rings (SSSR count). The molecule has 1 aliphatic carbocycles. The number of carbonyl (C=O) groups is 1. The maximum Gasteiger partial charge on any atom is 0.162 e. The normalized spacial score (nSPS) is 20.7. The molecule has 1 aliphatic heterocycles. The zero-order valence-corrected chi connectivity index (χ0v) is 18.7. The van der Waals surface area contributed by atoms with Crippen molar-refractivity contribution in [3.8, 4) is 6.07 Å². The van der Waals surface area contributed by atoms with Crippen LogP contribution in [-0.4, -0.2) is 5.78 Å². The van der Waals surface area contributed by atoms with Gasteiger partial charge >= 0.3 is 0 Å². The lowest BCUT2D eigenvalue weighted by Crippen LogP contribution is -2.42. The molecule has 0 saturated carbocycles. The second-order valence-electron chi connectivity index (χ2n) is 8.92. The van der Waals surface area contributed by atoms with Crippen LogP contribution in [0.3, 0.4) is 0 Å². The smallest absolute Gasteiger partial charge is 0.162 e. The van der Waals surface area contributed by atoms with Crippen molar-refractivity contribution in [1.29, 1.82) is 5.26 Å². The van der Waals surface area contributed by atoms with E-state index in [2.05, 4.69) is 6.07 Å². The van der Waals surface area contributed by atoms with E-state index >= 15 is 0 Å². The van der Waals surface area contributed by atoms with E-state index in [-0.39, 0.29) is 29.3 Å². The number of thiophene rings is 1. The van der Waals surface area contributed by atoms with Crippen molar-refractivity contribution in [1.82, 2.24) is 0 Å².